The average molecular weight is 279 g/mol. The minimum Gasteiger partial charge on any atom is -0.393 e. The first-order chi connectivity index (χ1) is 9.47. The van der Waals surface area contributed by atoms with E-state index in [0.29, 0.717) is 0 Å². The summed E-state index contributed by atoms with van der Waals surface area (Å²) in [4.78, 5) is 24.4. The van der Waals surface area contributed by atoms with E-state index in [4.69, 9.17) is 5.73 Å². The van der Waals surface area contributed by atoms with Gasteiger partial charge in [0.1, 0.15) is 5.69 Å². The minimum absolute atomic E-state index is 0.0474. The highest BCUT2D eigenvalue weighted by Gasteiger charge is 2.19. The van der Waals surface area contributed by atoms with Crippen LogP contribution in [0.5, 0.6) is 0 Å². The number of nitrogens with one attached hydrogen (secondary N) is 1. The van der Waals surface area contributed by atoms with Crippen LogP contribution in [0.25, 0.3) is 0 Å². The third-order valence-corrected chi connectivity index (χ3v) is 3.25. The van der Waals surface area contributed by atoms with Crippen LogP contribution in [-0.4, -0.2) is 54.0 Å². The van der Waals surface area contributed by atoms with Gasteiger partial charge in [-0.25, -0.2) is 5.01 Å². The lowest BCUT2D eigenvalue weighted by molar-refractivity contribution is -0.383. The molecule has 108 valence electrons. The maximum absolute atomic E-state index is 12.1. The van der Waals surface area contributed by atoms with Gasteiger partial charge in [0.25, 0.3) is 11.6 Å². The van der Waals surface area contributed by atoms with Crippen LogP contribution >= 0.6 is 0 Å². The number of carbonyl (C=O) groups excluding carboxylic acids is 1. The number of nitro benzene ring substituents is 1. The van der Waals surface area contributed by atoms with Crippen molar-refractivity contribution in [2.75, 3.05) is 39.0 Å². The molecule has 0 unspecified atom stereocenters. The van der Waals surface area contributed by atoms with Crippen molar-refractivity contribution < 1.29 is 9.72 Å². The van der Waals surface area contributed by atoms with E-state index < -0.39 is 4.92 Å². The minimum atomic E-state index is -0.595. The number of anilines is 1. The number of nitrogens with zero attached hydrogens (tertiary/aromatic N) is 3. The molecule has 1 aliphatic rings. The molecule has 3 N–H and O–H groups in total. The maximum atomic E-state index is 12.1. The first kappa shape index (κ1) is 14.2. The number of benzene rings is 1. The number of hydrogen-bond donors (Lipinski definition) is 2. The normalized spacial score (nSPS) is 16.9. The molecule has 1 aromatic carbocycles. The molecule has 0 saturated carbocycles. The van der Waals surface area contributed by atoms with E-state index in [9.17, 15) is 14.9 Å². The van der Waals surface area contributed by atoms with Crippen molar-refractivity contribution in [1.29, 1.82) is 0 Å². The quantitative estimate of drug-likeness (QED) is 0.461. The second-order valence-corrected chi connectivity index (χ2v) is 4.76. The molecule has 1 heterocycles. The molecule has 0 bridgehead atoms. The molecule has 0 atom stereocenters. The summed E-state index contributed by atoms with van der Waals surface area (Å²) in [5, 5.41) is 12.6. The van der Waals surface area contributed by atoms with Crippen LogP contribution in [0.15, 0.2) is 18.2 Å². The van der Waals surface area contributed by atoms with Crippen LogP contribution in [0.3, 0.4) is 0 Å². The number of nitrogen functional groups attached to an aromatic ring is 1. The fourth-order valence-corrected chi connectivity index (χ4v) is 1.97. The lowest BCUT2D eigenvalue weighted by atomic mass is 10.1. The van der Waals surface area contributed by atoms with Gasteiger partial charge in [0.2, 0.25) is 0 Å². The van der Waals surface area contributed by atoms with E-state index in [-0.39, 0.29) is 22.8 Å². The predicted molar refractivity (Wildman–Crippen MR) is 74.0 cm³/mol. The van der Waals surface area contributed by atoms with Crippen molar-refractivity contribution in [1.82, 2.24) is 15.3 Å². The molecule has 1 saturated heterocycles. The van der Waals surface area contributed by atoms with Gasteiger partial charge in [-0.2, -0.15) is 0 Å². The Morgan fingerprint density at radius 3 is 2.60 bits per heavy atom. The summed E-state index contributed by atoms with van der Waals surface area (Å²) in [6.45, 7) is 3.17. The van der Waals surface area contributed by atoms with Crippen LogP contribution in [-0.2, 0) is 0 Å². The topological polar surface area (TPSA) is 105 Å². The zero-order valence-electron chi connectivity index (χ0n) is 11.2. The van der Waals surface area contributed by atoms with Gasteiger partial charge >= 0.3 is 0 Å². The predicted octanol–water partition coefficient (Wildman–Crippen LogP) is 0.0692. The molecule has 20 heavy (non-hydrogen) atoms. The fraction of sp³-hybridized carbons (Fsp3) is 0.417. The Morgan fingerprint density at radius 2 is 2.00 bits per heavy atom. The number of rotatable bonds is 3. The highest BCUT2D eigenvalue weighted by atomic mass is 16.6. The third-order valence-electron chi connectivity index (χ3n) is 3.25. The molecular weight excluding hydrogens is 262 g/mol. The van der Waals surface area contributed by atoms with Gasteiger partial charge in [-0.15, -0.1) is 0 Å². The van der Waals surface area contributed by atoms with Crippen LogP contribution in [0.2, 0.25) is 0 Å². The van der Waals surface area contributed by atoms with Crippen molar-refractivity contribution in [3.05, 3.63) is 33.9 Å². The van der Waals surface area contributed by atoms with Crippen LogP contribution in [0.1, 0.15) is 10.4 Å². The van der Waals surface area contributed by atoms with E-state index in [0.717, 1.165) is 26.2 Å². The molecule has 1 aliphatic heterocycles. The van der Waals surface area contributed by atoms with Crippen molar-refractivity contribution in [3.63, 3.8) is 0 Å². The fourth-order valence-electron chi connectivity index (χ4n) is 1.97. The second kappa shape index (κ2) is 5.85. The lowest BCUT2D eigenvalue weighted by Gasteiger charge is -2.32. The Balaban J connectivity index is 2.06. The maximum Gasteiger partial charge on any atom is 0.292 e. The highest BCUT2D eigenvalue weighted by Crippen LogP contribution is 2.22. The molecule has 1 fully saturated rings. The first-order valence-corrected chi connectivity index (χ1v) is 6.26. The number of amides is 1. The summed E-state index contributed by atoms with van der Waals surface area (Å²) in [5.41, 5.74) is 8.27. The van der Waals surface area contributed by atoms with E-state index in [1.165, 1.54) is 18.2 Å². The summed E-state index contributed by atoms with van der Waals surface area (Å²) in [6, 6.07) is 4.05. The smallest absolute Gasteiger partial charge is 0.292 e. The number of piperazine rings is 1. The molecule has 0 radical (unpaired) electrons. The van der Waals surface area contributed by atoms with Gasteiger partial charge in [-0.05, 0) is 19.2 Å². The average Bonchev–Trinajstić information content (AvgIpc) is 2.41. The van der Waals surface area contributed by atoms with Crippen LogP contribution in [0.4, 0.5) is 11.4 Å². The summed E-state index contributed by atoms with van der Waals surface area (Å²) in [7, 11) is 2.02. The molecule has 1 aromatic rings. The Kier molecular flexibility index (Phi) is 4.16. The molecule has 8 heteroatoms. The van der Waals surface area contributed by atoms with E-state index in [2.05, 4.69) is 10.3 Å². The summed E-state index contributed by atoms with van der Waals surface area (Å²) < 4.78 is 0. The van der Waals surface area contributed by atoms with Gasteiger partial charge in [0, 0.05) is 37.8 Å². The summed E-state index contributed by atoms with van der Waals surface area (Å²) >= 11 is 0. The zero-order chi connectivity index (χ0) is 14.7. The van der Waals surface area contributed by atoms with Crippen molar-refractivity contribution in [2.45, 2.75) is 0 Å². The van der Waals surface area contributed by atoms with Crippen molar-refractivity contribution in [3.8, 4) is 0 Å². The lowest BCUT2D eigenvalue weighted by Crippen LogP contribution is -2.52. The number of nitro groups is 1. The molecule has 0 aliphatic carbocycles. The molecule has 0 aromatic heterocycles. The molecule has 8 nitrogen and oxygen atoms in total. The van der Waals surface area contributed by atoms with E-state index >= 15 is 0 Å². The Bertz CT molecular complexity index is 526. The third kappa shape index (κ3) is 3.22. The standard InChI is InChI=1S/C12H17N5O3/c1-15-4-6-16(7-5-15)14-12(18)9-2-3-10(13)11(8-9)17(19)20/h2-3,8H,4-7,13H2,1H3,(H,14,18). The largest absolute Gasteiger partial charge is 0.393 e. The van der Waals surface area contributed by atoms with Gasteiger partial charge in [-0.1, -0.05) is 0 Å². The van der Waals surface area contributed by atoms with Crippen molar-refractivity contribution >= 4 is 17.3 Å². The molecule has 0 spiro atoms. The molecule has 1 amide bonds. The monoisotopic (exact) mass is 279 g/mol. The summed E-state index contributed by atoms with van der Waals surface area (Å²) in [6.07, 6.45) is 0. The molecular formula is C12H17N5O3. The first-order valence-electron chi connectivity index (χ1n) is 6.26. The number of hydrogen-bond acceptors (Lipinski definition) is 6. The number of hydrazine groups is 1. The van der Waals surface area contributed by atoms with Crippen LogP contribution < -0.4 is 11.2 Å². The second-order valence-electron chi connectivity index (χ2n) is 4.76. The Labute approximate surface area is 116 Å². The van der Waals surface area contributed by atoms with Gasteiger partial charge in [0.05, 0.1) is 4.92 Å². The van der Waals surface area contributed by atoms with E-state index in [1.807, 2.05) is 12.1 Å². The number of likely N-dealkylation sites (N-methyl/N-ethyl adjacent to an activating group) is 1. The zero-order valence-corrected chi connectivity index (χ0v) is 11.2. The Morgan fingerprint density at radius 1 is 1.35 bits per heavy atom. The van der Waals surface area contributed by atoms with E-state index in [1.54, 1.807) is 0 Å². The van der Waals surface area contributed by atoms with Crippen LogP contribution in [0, 0.1) is 10.1 Å². The molecule has 2 rings (SSSR count). The SMILES string of the molecule is CN1CCN(NC(=O)c2ccc(N)c([N+](=O)[O-])c2)CC1. The number of nitrogens with two attached hydrogens (primary N) is 1. The van der Waals surface area contributed by atoms with Crippen molar-refractivity contribution in [2.24, 2.45) is 0 Å². The summed E-state index contributed by atoms with van der Waals surface area (Å²) in [5.74, 6) is -0.363. The highest BCUT2D eigenvalue weighted by molar-refractivity contribution is 5.95. The Hall–Kier alpha value is -2.19. The van der Waals surface area contributed by atoms with Gasteiger partial charge in [0.15, 0.2) is 0 Å². The van der Waals surface area contributed by atoms with Gasteiger partial charge < -0.3 is 10.6 Å². The number of carbonyl (C=O) groups is 1. The van der Waals surface area contributed by atoms with Gasteiger partial charge in [-0.3, -0.25) is 20.3 Å².